The minimum atomic E-state index is -1.03. The van der Waals surface area contributed by atoms with Gasteiger partial charge < -0.3 is 0 Å². The van der Waals surface area contributed by atoms with E-state index in [1.165, 1.54) is 0 Å². The van der Waals surface area contributed by atoms with Crippen molar-refractivity contribution in [2.75, 3.05) is 0 Å². The highest BCUT2D eigenvalue weighted by molar-refractivity contribution is 5.20. The maximum absolute atomic E-state index is 14.0. The smallest absolute Gasteiger partial charge is 0.162 e. The lowest BCUT2D eigenvalue weighted by molar-refractivity contribution is 0.327. The van der Waals surface area contributed by atoms with Gasteiger partial charge in [0.05, 0.1) is 6.04 Å². The average Bonchev–Trinajstić information content (AvgIpc) is 2.92. The van der Waals surface area contributed by atoms with Gasteiger partial charge in [0, 0.05) is 24.7 Å². The molecule has 4 nitrogen and oxygen atoms in total. The molecule has 1 aliphatic heterocycles. The standard InChI is InChI=1S/C13H15FN4/c1-8(2)12-16-13-10(14)6-11(18(13)17-12)9-4-3-5-15-7-9/h3-5,7-8,10-11H,6H2,1-2H3/t10-,11-/m0/s1. The van der Waals surface area contributed by atoms with Crippen LogP contribution in [0.3, 0.4) is 0 Å². The molecule has 1 aliphatic rings. The molecule has 2 aromatic heterocycles. The Balaban J connectivity index is 2.03. The van der Waals surface area contributed by atoms with Crippen LogP contribution in [-0.2, 0) is 0 Å². The van der Waals surface area contributed by atoms with Crippen LogP contribution in [0, 0.1) is 0 Å². The predicted octanol–water partition coefficient (Wildman–Crippen LogP) is 2.80. The van der Waals surface area contributed by atoms with Gasteiger partial charge in [0.25, 0.3) is 0 Å². The maximum atomic E-state index is 14.0. The molecule has 0 radical (unpaired) electrons. The van der Waals surface area contributed by atoms with E-state index in [9.17, 15) is 4.39 Å². The number of pyridine rings is 1. The first-order chi connectivity index (χ1) is 8.66. The maximum Gasteiger partial charge on any atom is 0.162 e. The summed E-state index contributed by atoms with van der Waals surface area (Å²) in [6, 6.07) is 3.74. The van der Waals surface area contributed by atoms with E-state index in [0.717, 1.165) is 5.56 Å². The van der Waals surface area contributed by atoms with E-state index < -0.39 is 6.17 Å². The third-order valence-electron chi connectivity index (χ3n) is 3.27. The molecule has 0 aliphatic carbocycles. The fraction of sp³-hybridized carbons (Fsp3) is 0.462. The van der Waals surface area contributed by atoms with Gasteiger partial charge in [-0.05, 0) is 11.6 Å². The number of rotatable bonds is 2. The molecule has 3 heterocycles. The van der Waals surface area contributed by atoms with Crippen LogP contribution in [0.25, 0.3) is 0 Å². The Morgan fingerprint density at radius 1 is 1.44 bits per heavy atom. The number of aromatic nitrogens is 4. The number of alkyl halides is 1. The molecule has 0 fully saturated rings. The third kappa shape index (κ3) is 1.70. The molecule has 2 aromatic rings. The number of hydrogen-bond donors (Lipinski definition) is 0. The van der Waals surface area contributed by atoms with Gasteiger partial charge in [-0.1, -0.05) is 19.9 Å². The normalized spacial score (nSPS) is 22.4. The van der Waals surface area contributed by atoms with Crippen LogP contribution in [-0.4, -0.2) is 19.7 Å². The van der Waals surface area contributed by atoms with Gasteiger partial charge in [-0.15, -0.1) is 0 Å². The molecule has 0 amide bonds. The van der Waals surface area contributed by atoms with Gasteiger partial charge in [0.15, 0.2) is 17.8 Å². The van der Waals surface area contributed by atoms with E-state index in [1.54, 1.807) is 17.1 Å². The second kappa shape index (κ2) is 4.15. The first-order valence-corrected chi connectivity index (χ1v) is 6.17. The first kappa shape index (κ1) is 11.3. The molecule has 0 bridgehead atoms. The third-order valence-corrected chi connectivity index (χ3v) is 3.27. The van der Waals surface area contributed by atoms with E-state index in [1.807, 2.05) is 26.0 Å². The zero-order chi connectivity index (χ0) is 12.7. The molecule has 2 atom stereocenters. The summed E-state index contributed by atoms with van der Waals surface area (Å²) in [6.07, 6.45) is 2.85. The number of hydrogen-bond acceptors (Lipinski definition) is 3. The topological polar surface area (TPSA) is 43.6 Å². The number of halogens is 1. The Labute approximate surface area is 105 Å². The second-order valence-electron chi connectivity index (χ2n) is 4.93. The Morgan fingerprint density at radius 2 is 2.28 bits per heavy atom. The minimum absolute atomic E-state index is 0.0799. The fourth-order valence-corrected chi connectivity index (χ4v) is 2.29. The zero-order valence-electron chi connectivity index (χ0n) is 10.4. The van der Waals surface area contributed by atoms with Gasteiger partial charge in [0.1, 0.15) is 0 Å². The van der Waals surface area contributed by atoms with Crippen molar-refractivity contribution in [1.29, 1.82) is 0 Å². The summed E-state index contributed by atoms with van der Waals surface area (Å²) in [7, 11) is 0. The quantitative estimate of drug-likeness (QED) is 0.818. The van der Waals surface area contributed by atoms with Crippen molar-refractivity contribution < 1.29 is 4.39 Å². The number of fused-ring (bicyclic) bond motifs is 1. The molecule has 3 rings (SSSR count). The fourth-order valence-electron chi connectivity index (χ4n) is 2.29. The first-order valence-electron chi connectivity index (χ1n) is 6.17. The van der Waals surface area contributed by atoms with Gasteiger partial charge in [-0.3, -0.25) is 4.98 Å². The highest BCUT2D eigenvalue weighted by Crippen LogP contribution is 2.39. The van der Waals surface area contributed by atoms with E-state index in [4.69, 9.17) is 0 Å². The molecule has 0 saturated carbocycles. The lowest BCUT2D eigenvalue weighted by Crippen LogP contribution is -2.08. The summed E-state index contributed by atoms with van der Waals surface area (Å²) in [5.74, 6) is 1.37. The highest BCUT2D eigenvalue weighted by Gasteiger charge is 2.35. The van der Waals surface area contributed by atoms with Crippen molar-refractivity contribution in [3.63, 3.8) is 0 Å². The van der Waals surface area contributed by atoms with Crippen molar-refractivity contribution in [2.45, 2.75) is 38.4 Å². The summed E-state index contributed by atoms with van der Waals surface area (Å²) in [5, 5.41) is 4.44. The van der Waals surface area contributed by atoms with Gasteiger partial charge in [0.2, 0.25) is 0 Å². The summed E-state index contributed by atoms with van der Waals surface area (Å²) >= 11 is 0. The zero-order valence-corrected chi connectivity index (χ0v) is 10.4. The van der Waals surface area contributed by atoms with Gasteiger partial charge >= 0.3 is 0 Å². The average molecular weight is 246 g/mol. The molecule has 5 heteroatoms. The summed E-state index contributed by atoms with van der Waals surface area (Å²) in [5.41, 5.74) is 0.985. The Kier molecular flexibility index (Phi) is 2.61. The van der Waals surface area contributed by atoms with Gasteiger partial charge in [-0.25, -0.2) is 14.1 Å². The van der Waals surface area contributed by atoms with Crippen LogP contribution in [0.2, 0.25) is 0 Å². The Morgan fingerprint density at radius 3 is 2.94 bits per heavy atom. The van der Waals surface area contributed by atoms with Crippen LogP contribution in [0.5, 0.6) is 0 Å². The minimum Gasteiger partial charge on any atom is -0.264 e. The molecule has 18 heavy (non-hydrogen) atoms. The Bertz CT molecular complexity index is 549. The van der Waals surface area contributed by atoms with Crippen molar-refractivity contribution in [3.05, 3.63) is 41.7 Å². The van der Waals surface area contributed by atoms with E-state index in [2.05, 4.69) is 15.1 Å². The van der Waals surface area contributed by atoms with E-state index in [0.29, 0.717) is 18.1 Å². The SMILES string of the molecule is CC(C)c1nc2n(n1)[C@H](c1cccnc1)C[C@@H]2F. The monoisotopic (exact) mass is 246 g/mol. The molecule has 0 aromatic carbocycles. The molecule has 0 spiro atoms. The van der Waals surface area contributed by atoms with Crippen molar-refractivity contribution >= 4 is 0 Å². The van der Waals surface area contributed by atoms with Crippen LogP contribution in [0.4, 0.5) is 4.39 Å². The molecule has 0 saturated heterocycles. The second-order valence-corrected chi connectivity index (χ2v) is 4.93. The summed E-state index contributed by atoms with van der Waals surface area (Å²) < 4.78 is 15.7. The largest absolute Gasteiger partial charge is 0.264 e. The summed E-state index contributed by atoms with van der Waals surface area (Å²) in [4.78, 5) is 8.39. The van der Waals surface area contributed by atoms with Crippen LogP contribution in [0.1, 0.15) is 55.6 Å². The molecular weight excluding hydrogens is 231 g/mol. The van der Waals surface area contributed by atoms with Crippen LogP contribution < -0.4 is 0 Å². The molecule has 0 N–H and O–H groups in total. The lowest BCUT2D eigenvalue weighted by Gasteiger charge is -2.11. The molecule has 0 unspecified atom stereocenters. The molecule has 94 valence electrons. The molecular formula is C13H15FN4. The lowest BCUT2D eigenvalue weighted by atomic mass is 10.1. The van der Waals surface area contributed by atoms with Crippen LogP contribution in [0.15, 0.2) is 24.5 Å². The predicted molar refractivity (Wildman–Crippen MR) is 65.0 cm³/mol. The van der Waals surface area contributed by atoms with Crippen LogP contribution >= 0.6 is 0 Å². The van der Waals surface area contributed by atoms with Crippen molar-refractivity contribution in [1.82, 2.24) is 19.7 Å². The highest BCUT2D eigenvalue weighted by atomic mass is 19.1. The van der Waals surface area contributed by atoms with Gasteiger partial charge in [-0.2, -0.15) is 5.10 Å². The van der Waals surface area contributed by atoms with Crippen molar-refractivity contribution in [3.8, 4) is 0 Å². The number of nitrogens with zero attached hydrogens (tertiary/aromatic N) is 4. The Hall–Kier alpha value is -1.78. The summed E-state index contributed by atoms with van der Waals surface area (Å²) in [6.45, 7) is 4.02. The van der Waals surface area contributed by atoms with E-state index in [-0.39, 0.29) is 12.0 Å². The van der Waals surface area contributed by atoms with Crippen molar-refractivity contribution in [2.24, 2.45) is 0 Å². The van der Waals surface area contributed by atoms with E-state index >= 15 is 0 Å².